The molecule has 2 heterocycles. The topological polar surface area (TPSA) is 73.2 Å². The van der Waals surface area contributed by atoms with Gasteiger partial charge in [0.05, 0.1) is 12.0 Å². The van der Waals surface area contributed by atoms with Crippen molar-refractivity contribution >= 4 is 10.0 Å². The Hall–Kier alpha value is -1.93. The molecule has 1 unspecified atom stereocenters. The van der Waals surface area contributed by atoms with Crippen molar-refractivity contribution in [2.75, 3.05) is 13.7 Å². The maximum absolute atomic E-state index is 13.7. The Morgan fingerprint density at radius 2 is 2.30 bits per heavy atom. The molecular weight excluding hydrogens is 321 g/mol. The lowest BCUT2D eigenvalue weighted by atomic mass is 9.98. The van der Waals surface area contributed by atoms with E-state index >= 15 is 0 Å². The van der Waals surface area contributed by atoms with Gasteiger partial charge in [-0.15, -0.1) is 0 Å². The minimum atomic E-state index is -3.74. The van der Waals surface area contributed by atoms with E-state index in [2.05, 4.69) is 14.3 Å². The van der Waals surface area contributed by atoms with E-state index in [9.17, 15) is 12.8 Å². The molecule has 124 valence electrons. The first-order valence-electron chi connectivity index (χ1n) is 7.33. The Morgan fingerprint density at radius 3 is 3.04 bits per heavy atom. The van der Waals surface area contributed by atoms with Gasteiger partial charge in [0.25, 0.3) is 0 Å². The number of nitrogens with one attached hydrogen (secondary N) is 1. The van der Waals surface area contributed by atoms with Crippen LogP contribution in [0.2, 0.25) is 0 Å². The summed E-state index contributed by atoms with van der Waals surface area (Å²) in [6, 6.07) is 3.61. The van der Waals surface area contributed by atoms with Gasteiger partial charge in [0.15, 0.2) is 11.6 Å². The summed E-state index contributed by atoms with van der Waals surface area (Å²) in [7, 11) is -2.41. The zero-order valence-electron chi connectivity index (χ0n) is 12.7. The Balaban J connectivity index is 1.66. The first-order chi connectivity index (χ1) is 11.0. The number of ether oxygens (including phenoxy) is 1. The largest absolute Gasteiger partial charge is 0.494 e. The fraction of sp³-hybridized carbons (Fsp3) is 0.400. The van der Waals surface area contributed by atoms with Crippen molar-refractivity contribution in [1.29, 1.82) is 0 Å². The second kappa shape index (κ2) is 6.29. The molecular formula is C15H18FN3O3S. The first-order valence-corrected chi connectivity index (χ1v) is 8.81. The number of rotatable bonds is 5. The minimum Gasteiger partial charge on any atom is -0.494 e. The molecule has 23 heavy (non-hydrogen) atoms. The van der Waals surface area contributed by atoms with Crippen LogP contribution in [0.4, 0.5) is 4.39 Å². The second-order valence-electron chi connectivity index (χ2n) is 5.54. The Bertz CT molecular complexity index is 804. The lowest BCUT2D eigenvalue weighted by molar-refractivity contribution is 0.379. The Morgan fingerprint density at radius 1 is 1.48 bits per heavy atom. The minimum absolute atomic E-state index is 0.0167. The van der Waals surface area contributed by atoms with Gasteiger partial charge >= 0.3 is 0 Å². The second-order valence-corrected chi connectivity index (χ2v) is 7.31. The van der Waals surface area contributed by atoms with Crippen LogP contribution in [-0.4, -0.2) is 31.6 Å². The van der Waals surface area contributed by atoms with Gasteiger partial charge in [-0.3, -0.25) is 0 Å². The summed E-state index contributed by atoms with van der Waals surface area (Å²) >= 11 is 0. The molecule has 6 nitrogen and oxygen atoms in total. The maximum atomic E-state index is 13.7. The number of hydrogen-bond donors (Lipinski definition) is 1. The quantitative estimate of drug-likeness (QED) is 0.897. The smallest absolute Gasteiger partial charge is 0.240 e. The highest BCUT2D eigenvalue weighted by atomic mass is 32.2. The van der Waals surface area contributed by atoms with Crippen LogP contribution in [0.3, 0.4) is 0 Å². The highest BCUT2D eigenvalue weighted by Crippen LogP contribution is 2.22. The summed E-state index contributed by atoms with van der Waals surface area (Å²) in [5.74, 6) is 0.469. The van der Waals surface area contributed by atoms with Crippen LogP contribution in [0, 0.1) is 11.7 Å². The van der Waals surface area contributed by atoms with Gasteiger partial charge in [-0.2, -0.15) is 0 Å². The number of benzene rings is 1. The predicted octanol–water partition coefficient (Wildman–Crippen LogP) is 1.57. The van der Waals surface area contributed by atoms with Gasteiger partial charge < -0.3 is 9.30 Å². The SMILES string of the molecule is COc1ccc(S(=O)(=O)NCC2CCn3ccnc3C2)cc1F. The molecule has 1 N–H and O–H groups in total. The molecule has 0 spiro atoms. The zero-order valence-corrected chi connectivity index (χ0v) is 13.5. The van der Waals surface area contributed by atoms with Crippen LogP contribution in [0.25, 0.3) is 0 Å². The molecule has 0 amide bonds. The van der Waals surface area contributed by atoms with Gasteiger partial charge in [-0.1, -0.05) is 0 Å². The van der Waals surface area contributed by atoms with E-state index in [1.54, 1.807) is 6.20 Å². The average Bonchev–Trinajstić information content (AvgIpc) is 3.00. The lowest BCUT2D eigenvalue weighted by Crippen LogP contribution is -2.33. The molecule has 0 radical (unpaired) electrons. The predicted molar refractivity (Wildman–Crippen MR) is 82.2 cm³/mol. The van der Waals surface area contributed by atoms with Crippen molar-refractivity contribution in [2.24, 2.45) is 5.92 Å². The molecule has 1 aliphatic heterocycles. The number of sulfonamides is 1. The van der Waals surface area contributed by atoms with Crippen molar-refractivity contribution in [3.63, 3.8) is 0 Å². The summed E-state index contributed by atoms with van der Waals surface area (Å²) in [5.41, 5.74) is 0. The van der Waals surface area contributed by atoms with Crippen LogP contribution in [-0.2, 0) is 23.0 Å². The normalized spacial score (nSPS) is 17.7. The zero-order chi connectivity index (χ0) is 16.4. The molecule has 0 saturated heterocycles. The van der Waals surface area contributed by atoms with Gasteiger partial charge in [-0.25, -0.2) is 22.5 Å². The van der Waals surface area contributed by atoms with Crippen molar-refractivity contribution in [1.82, 2.24) is 14.3 Å². The fourth-order valence-corrected chi connectivity index (χ4v) is 3.84. The monoisotopic (exact) mass is 339 g/mol. The number of fused-ring (bicyclic) bond motifs is 1. The molecule has 1 aromatic heterocycles. The van der Waals surface area contributed by atoms with Crippen LogP contribution in [0.1, 0.15) is 12.2 Å². The van der Waals surface area contributed by atoms with Gasteiger partial charge in [0.1, 0.15) is 5.82 Å². The maximum Gasteiger partial charge on any atom is 0.240 e. The summed E-state index contributed by atoms with van der Waals surface area (Å²) in [6.45, 7) is 1.14. The number of halogens is 1. The number of aryl methyl sites for hydroxylation is 1. The van der Waals surface area contributed by atoms with Crippen molar-refractivity contribution in [3.05, 3.63) is 42.2 Å². The molecule has 1 atom stereocenters. The summed E-state index contributed by atoms with van der Waals surface area (Å²) in [4.78, 5) is 4.16. The van der Waals surface area contributed by atoms with Crippen LogP contribution >= 0.6 is 0 Å². The molecule has 3 rings (SSSR count). The lowest BCUT2D eigenvalue weighted by Gasteiger charge is -2.23. The molecule has 2 aromatic rings. The number of nitrogens with zero attached hydrogens (tertiary/aromatic N) is 2. The Labute approximate surface area is 134 Å². The molecule has 0 aliphatic carbocycles. The highest BCUT2D eigenvalue weighted by Gasteiger charge is 2.22. The number of methoxy groups -OCH3 is 1. The van der Waals surface area contributed by atoms with Gasteiger partial charge in [-0.05, 0) is 30.5 Å². The van der Waals surface area contributed by atoms with E-state index < -0.39 is 15.8 Å². The van der Waals surface area contributed by atoms with E-state index in [1.807, 2.05) is 6.20 Å². The van der Waals surface area contributed by atoms with Crippen molar-refractivity contribution < 1.29 is 17.5 Å². The number of imidazole rings is 1. The first kappa shape index (κ1) is 15.9. The van der Waals surface area contributed by atoms with E-state index in [1.165, 1.54) is 19.2 Å². The molecule has 0 saturated carbocycles. The van der Waals surface area contributed by atoms with Crippen LogP contribution in [0.15, 0.2) is 35.5 Å². The third kappa shape index (κ3) is 3.37. The number of hydrogen-bond acceptors (Lipinski definition) is 4. The molecule has 0 bridgehead atoms. The average molecular weight is 339 g/mol. The van der Waals surface area contributed by atoms with Crippen molar-refractivity contribution in [3.8, 4) is 5.75 Å². The summed E-state index contributed by atoms with van der Waals surface area (Å²) in [6.07, 6.45) is 5.28. The molecule has 1 aromatic carbocycles. The summed E-state index contributed by atoms with van der Waals surface area (Å²) in [5, 5.41) is 0. The van der Waals surface area contributed by atoms with Crippen molar-refractivity contribution in [2.45, 2.75) is 24.3 Å². The van der Waals surface area contributed by atoms with Crippen LogP contribution in [0.5, 0.6) is 5.75 Å². The third-order valence-electron chi connectivity index (χ3n) is 4.05. The summed E-state index contributed by atoms with van der Waals surface area (Å²) < 4.78 is 47.7. The number of aromatic nitrogens is 2. The van der Waals surface area contributed by atoms with Crippen LogP contribution < -0.4 is 9.46 Å². The fourth-order valence-electron chi connectivity index (χ4n) is 2.71. The van der Waals surface area contributed by atoms with E-state index in [4.69, 9.17) is 4.74 Å². The third-order valence-corrected chi connectivity index (χ3v) is 5.47. The molecule has 0 fully saturated rings. The molecule has 1 aliphatic rings. The van der Waals surface area contributed by atoms with Gasteiger partial charge in [0, 0.05) is 31.9 Å². The molecule has 8 heteroatoms. The Kier molecular flexibility index (Phi) is 4.36. The van der Waals surface area contributed by atoms with E-state index in [-0.39, 0.29) is 16.6 Å². The van der Waals surface area contributed by atoms with E-state index in [0.29, 0.717) is 6.54 Å². The van der Waals surface area contributed by atoms with Gasteiger partial charge in [0.2, 0.25) is 10.0 Å². The highest BCUT2D eigenvalue weighted by molar-refractivity contribution is 7.89. The van der Waals surface area contributed by atoms with E-state index in [0.717, 1.165) is 31.3 Å². The standard InChI is InChI=1S/C15H18FN3O3S/c1-22-14-3-2-12(9-13(14)16)23(20,21)18-10-11-4-6-19-7-5-17-15(19)8-11/h2-3,5,7,9,11,18H,4,6,8,10H2,1H3.